The smallest absolute Gasteiger partial charge is 0.270 e. The van der Waals surface area contributed by atoms with Crippen LogP contribution >= 0.6 is 0 Å². The Morgan fingerprint density at radius 3 is 2.33 bits per heavy atom. The van der Waals surface area contributed by atoms with Crippen molar-refractivity contribution in [3.8, 4) is 28.3 Å². The average Bonchev–Trinajstić information content (AvgIpc) is 3.32. The van der Waals surface area contributed by atoms with Crippen LogP contribution < -0.4 is 10.1 Å². The number of aromatic nitrogens is 3. The zero-order valence-electron chi connectivity index (χ0n) is 18.1. The van der Waals surface area contributed by atoms with Gasteiger partial charge in [-0.05, 0) is 23.8 Å². The molecule has 3 aromatic carbocycles. The second-order valence-electron chi connectivity index (χ2n) is 7.56. The number of rotatable bonds is 6. The third-order valence-corrected chi connectivity index (χ3v) is 5.41. The molecular formula is C27H22N4O2. The summed E-state index contributed by atoms with van der Waals surface area (Å²) in [5, 5.41) is 7.70. The van der Waals surface area contributed by atoms with E-state index in [-0.39, 0.29) is 5.91 Å². The summed E-state index contributed by atoms with van der Waals surface area (Å²) in [6, 6.07) is 30.9. The van der Waals surface area contributed by atoms with Crippen molar-refractivity contribution >= 4 is 11.6 Å². The Balaban J connectivity index is 1.61. The number of fused-ring (bicyclic) bond motifs is 1. The van der Waals surface area contributed by atoms with E-state index in [0.717, 1.165) is 22.4 Å². The molecule has 6 nitrogen and oxygen atoms in total. The zero-order valence-corrected chi connectivity index (χ0v) is 18.1. The number of carbonyl (C=O) groups excluding carboxylic acids is 1. The lowest BCUT2D eigenvalue weighted by molar-refractivity contribution is 0.0943. The molecule has 0 aliphatic carbocycles. The van der Waals surface area contributed by atoms with Crippen LogP contribution in [0.25, 0.3) is 28.2 Å². The number of nitrogens with one attached hydrogen (secondary N) is 1. The number of carbonyl (C=O) groups is 1. The van der Waals surface area contributed by atoms with E-state index in [0.29, 0.717) is 29.3 Å². The number of nitrogens with zero attached hydrogens (tertiary/aromatic N) is 3. The van der Waals surface area contributed by atoms with Crippen molar-refractivity contribution in [1.82, 2.24) is 19.9 Å². The predicted octanol–water partition coefficient (Wildman–Crippen LogP) is 5.00. The van der Waals surface area contributed by atoms with Crippen LogP contribution in [0, 0.1) is 0 Å². The van der Waals surface area contributed by atoms with Crippen molar-refractivity contribution in [3.05, 3.63) is 108 Å². The van der Waals surface area contributed by atoms with Crippen LogP contribution in [0.5, 0.6) is 5.75 Å². The van der Waals surface area contributed by atoms with E-state index in [1.165, 1.54) is 0 Å². The van der Waals surface area contributed by atoms with Crippen LogP contribution in [0.2, 0.25) is 0 Å². The fraction of sp³-hybridized carbons (Fsp3) is 0.0741. The van der Waals surface area contributed by atoms with Gasteiger partial charge in [0, 0.05) is 23.7 Å². The SMILES string of the molecule is COc1ccccc1-c1cc(C(=O)NCc2ccccc2)n2nc(-c3ccccc3)cc2n1. The minimum absolute atomic E-state index is 0.231. The van der Waals surface area contributed by atoms with Crippen LogP contribution in [0.15, 0.2) is 97.1 Å². The van der Waals surface area contributed by atoms with Gasteiger partial charge in [0.05, 0.1) is 18.5 Å². The number of methoxy groups -OCH3 is 1. The molecule has 5 rings (SSSR count). The maximum Gasteiger partial charge on any atom is 0.270 e. The van der Waals surface area contributed by atoms with Gasteiger partial charge in [-0.25, -0.2) is 9.50 Å². The molecule has 0 unspecified atom stereocenters. The highest BCUT2D eigenvalue weighted by Crippen LogP contribution is 2.30. The summed E-state index contributed by atoms with van der Waals surface area (Å²) in [5.74, 6) is 0.456. The molecule has 0 aliphatic rings. The first-order valence-electron chi connectivity index (χ1n) is 10.6. The van der Waals surface area contributed by atoms with E-state index in [1.54, 1.807) is 17.7 Å². The average molecular weight is 434 g/mol. The van der Waals surface area contributed by atoms with Gasteiger partial charge in [0.15, 0.2) is 5.65 Å². The first-order chi connectivity index (χ1) is 16.2. The molecule has 2 aromatic heterocycles. The van der Waals surface area contributed by atoms with Gasteiger partial charge in [0.25, 0.3) is 5.91 Å². The topological polar surface area (TPSA) is 68.5 Å². The van der Waals surface area contributed by atoms with Crippen LogP contribution in [0.4, 0.5) is 0 Å². The number of ether oxygens (including phenoxy) is 1. The van der Waals surface area contributed by atoms with E-state index < -0.39 is 0 Å². The molecule has 1 N–H and O–H groups in total. The largest absolute Gasteiger partial charge is 0.496 e. The fourth-order valence-electron chi connectivity index (χ4n) is 3.75. The minimum atomic E-state index is -0.231. The zero-order chi connectivity index (χ0) is 22.6. The van der Waals surface area contributed by atoms with Crippen LogP contribution in [-0.4, -0.2) is 27.6 Å². The van der Waals surface area contributed by atoms with Gasteiger partial charge in [-0.15, -0.1) is 0 Å². The standard InChI is InChI=1S/C27H22N4O2/c1-33-25-15-9-8-14-21(25)23-16-24(27(32)28-18-19-10-4-2-5-11-19)31-26(29-23)17-22(30-31)20-12-6-3-7-13-20/h2-17H,18H2,1H3,(H,28,32). The molecule has 1 amide bonds. The van der Waals surface area contributed by atoms with Gasteiger partial charge in [-0.1, -0.05) is 72.8 Å². The van der Waals surface area contributed by atoms with Crippen molar-refractivity contribution in [1.29, 1.82) is 0 Å². The molecule has 0 fully saturated rings. The van der Waals surface area contributed by atoms with Crippen molar-refractivity contribution in [3.63, 3.8) is 0 Å². The summed E-state index contributed by atoms with van der Waals surface area (Å²) < 4.78 is 7.13. The Labute approximate surface area is 191 Å². The van der Waals surface area contributed by atoms with Crippen LogP contribution in [-0.2, 0) is 6.54 Å². The Bertz CT molecular complexity index is 1410. The summed E-state index contributed by atoms with van der Waals surface area (Å²) in [4.78, 5) is 18.1. The summed E-state index contributed by atoms with van der Waals surface area (Å²) in [5.41, 5.74) is 5.16. The lowest BCUT2D eigenvalue weighted by Gasteiger charge is -2.11. The van der Waals surface area contributed by atoms with Crippen molar-refractivity contribution in [2.45, 2.75) is 6.54 Å². The molecular weight excluding hydrogens is 412 g/mol. The summed E-state index contributed by atoms with van der Waals surface area (Å²) in [6.45, 7) is 0.417. The summed E-state index contributed by atoms with van der Waals surface area (Å²) >= 11 is 0. The monoisotopic (exact) mass is 434 g/mol. The van der Waals surface area contributed by atoms with Crippen LogP contribution in [0.3, 0.4) is 0 Å². The van der Waals surface area contributed by atoms with Gasteiger partial charge < -0.3 is 10.1 Å². The molecule has 6 heteroatoms. The summed E-state index contributed by atoms with van der Waals surface area (Å²) in [6.07, 6.45) is 0. The van der Waals surface area contributed by atoms with Crippen molar-refractivity contribution in [2.75, 3.05) is 7.11 Å². The minimum Gasteiger partial charge on any atom is -0.496 e. The molecule has 0 saturated carbocycles. The third kappa shape index (κ3) is 4.19. The highest BCUT2D eigenvalue weighted by atomic mass is 16.5. The lowest BCUT2D eigenvalue weighted by atomic mass is 10.1. The Morgan fingerprint density at radius 1 is 0.879 bits per heavy atom. The Kier molecular flexibility index (Phi) is 5.55. The lowest BCUT2D eigenvalue weighted by Crippen LogP contribution is -2.25. The first-order valence-corrected chi connectivity index (χ1v) is 10.6. The second-order valence-corrected chi connectivity index (χ2v) is 7.56. The van der Waals surface area contributed by atoms with Gasteiger partial charge in [0.2, 0.25) is 0 Å². The second kappa shape index (κ2) is 8.96. The Morgan fingerprint density at radius 2 is 1.58 bits per heavy atom. The summed E-state index contributed by atoms with van der Waals surface area (Å²) in [7, 11) is 1.62. The third-order valence-electron chi connectivity index (χ3n) is 5.41. The van der Waals surface area contributed by atoms with E-state index >= 15 is 0 Å². The van der Waals surface area contributed by atoms with E-state index in [4.69, 9.17) is 14.8 Å². The molecule has 5 aromatic rings. The van der Waals surface area contributed by atoms with Crippen molar-refractivity contribution < 1.29 is 9.53 Å². The fourth-order valence-corrected chi connectivity index (χ4v) is 3.75. The molecule has 0 spiro atoms. The molecule has 0 aliphatic heterocycles. The van der Waals surface area contributed by atoms with E-state index in [9.17, 15) is 4.79 Å². The molecule has 2 heterocycles. The number of para-hydroxylation sites is 1. The maximum atomic E-state index is 13.3. The normalized spacial score (nSPS) is 10.8. The van der Waals surface area contributed by atoms with Gasteiger partial charge in [0.1, 0.15) is 11.4 Å². The van der Waals surface area contributed by atoms with Gasteiger partial charge in [-0.3, -0.25) is 4.79 Å². The Hall–Kier alpha value is -4.45. The number of hydrogen-bond acceptors (Lipinski definition) is 4. The van der Waals surface area contributed by atoms with Gasteiger partial charge >= 0.3 is 0 Å². The van der Waals surface area contributed by atoms with E-state index in [2.05, 4.69) is 5.32 Å². The number of benzene rings is 3. The molecule has 33 heavy (non-hydrogen) atoms. The first kappa shape index (κ1) is 20.5. The van der Waals surface area contributed by atoms with Gasteiger partial charge in [-0.2, -0.15) is 5.10 Å². The van der Waals surface area contributed by atoms with E-state index in [1.807, 2.05) is 91.0 Å². The molecule has 0 radical (unpaired) electrons. The highest BCUT2D eigenvalue weighted by Gasteiger charge is 2.18. The molecule has 162 valence electrons. The highest BCUT2D eigenvalue weighted by molar-refractivity contribution is 5.94. The van der Waals surface area contributed by atoms with Crippen LogP contribution in [0.1, 0.15) is 16.1 Å². The predicted molar refractivity (Wildman–Crippen MR) is 128 cm³/mol. The number of amides is 1. The van der Waals surface area contributed by atoms with Crippen molar-refractivity contribution in [2.24, 2.45) is 0 Å². The number of hydrogen-bond donors (Lipinski definition) is 1. The molecule has 0 bridgehead atoms. The molecule has 0 atom stereocenters. The maximum absolute atomic E-state index is 13.3. The molecule has 0 saturated heterocycles. The quantitative estimate of drug-likeness (QED) is 0.408.